The smallest absolute Gasteiger partial charge is 0.253 e. The molecular formula is C18H20ClN3O3S. The van der Waals surface area contributed by atoms with Crippen molar-refractivity contribution in [3.8, 4) is 0 Å². The quantitative estimate of drug-likeness (QED) is 0.709. The van der Waals surface area contributed by atoms with Gasteiger partial charge in [-0.25, -0.2) is 0 Å². The Labute approximate surface area is 161 Å². The van der Waals surface area contributed by atoms with Crippen LogP contribution in [0.25, 0.3) is 0 Å². The molecule has 0 aliphatic heterocycles. The van der Waals surface area contributed by atoms with Crippen molar-refractivity contribution in [2.45, 2.75) is 12.8 Å². The van der Waals surface area contributed by atoms with E-state index in [9.17, 15) is 14.4 Å². The standard InChI is InChI=1S/C18H20ClN3O3S/c1-22(2)18(25)12-5-6-14(19)15(10-12)21-16(23)4-3-8-20-17(24)13-7-9-26-11-13/h5-7,9-11H,3-4,8H2,1-2H3,(H,20,24)(H,21,23). The van der Waals surface area contributed by atoms with Crippen LogP contribution in [0.5, 0.6) is 0 Å². The molecule has 2 rings (SSSR count). The van der Waals surface area contributed by atoms with Gasteiger partial charge >= 0.3 is 0 Å². The number of carbonyl (C=O) groups excluding carboxylic acids is 3. The predicted molar refractivity (Wildman–Crippen MR) is 104 cm³/mol. The van der Waals surface area contributed by atoms with Crippen molar-refractivity contribution in [1.82, 2.24) is 10.2 Å². The number of nitrogens with zero attached hydrogens (tertiary/aromatic N) is 1. The monoisotopic (exact) mass is 393 g/mol. The zero-order valence-corrected chi connectivity index (χ0v) is 16.1. The van der Waals surface area contributed by atoms with Crippen molar-refractivity contribution in [3.63, 3.8) is 0 Å². The van der Waals surface area contributed by atoms with Gasteiger partial charge in [-0.15, -0.1) is 0 Å². The molecule has 138 valence electrons. The third kappa shape index (κ3) is 5.57. The molecule has 0 bridgehead atoms. The van der Waals surface area contributed by atoms with Gasteiger partial charge in [-0.3, -0.25) is 14.4 Å². The van der Waals surface area contributed by atoms with Gasteiger partial charge in [-0.2, -0.15) is 11.3 Å². The van der Waals surface area contributed by atoms with Crippen LogP contribution < -0.4 is 10.6 Å². The summed E-state index contributed by atoms with van der Waals surface area (Å²) in [4.78, 5) is 37.3. The maximum absolute atomic E-state index is 12.1. The molecule has 8 heteroatoms. The van der Waals surface area contributed by atoms with E-state index in [0.29, 0.717) is 34.8 Å². The van der Waals surface area contributed by atoms with Gasteiger partial charge in [-0.05, 0) is 36.1 Å². The molecule has 6 nitrogen and oxygen atoms in total. The first kappa shape index (κ1) is 19.9. The number of amides is 3. The maximum Gasteiger partial charge on any atom is 0.253 e. The largest absolute Gasteiger partial charge is 0.352 e. The predicted octanol–water partition coefficient (Wildman–Crippen LogP) is 3.25. The maximum atomic E-state index is 12.1. The number of rotatable bonds is 7. The third-order valence-electron chi connectivity index (χ3n) is 3.54. The van der Waals surface area contributed by atoms with Crippen LogP contribution >= 0.6 is 22.9 Å². The van der Waals surface area contributed by atoms with Crippen LogP contribution in [0.15, 0.2) is 35.0 Å². The second-order valence-corrected chi connectivity index (χ2v) is 7.00. The Hall–Kier alpha value is -2.38. The average Bonchev–Trinajstić information content (AvgIpc) is 3.14. The molecule has 0 fully saturated rings. The van der Waals surface area contributed by atoms with E-state index in [1.807, 2.05) is 5.38 Å². The molecule has 1 aromatic heterocycles. The number of benzene rings is 1. The summed E-state index contributed by atoms with van der Waals surface area (Å²) in [6, 6.07) is 6.49. The van der Waals surface area contributed by atoms with Gasteiger partial charge in [0.2, 0.25) is 5.91 Å². The van der Waals surface area contributed by atoms with Crippen LogP contribution in [0.4, 0.5) is 5.69 Å². The molecule has 1 aromatic carbocycles. The minimum absolute atomic E-state index is 0.149. The normalized spacial score (nSPS) is 10.3. The minimum Gasteiger partial charge on any atom is -0.352 e. The van der Waals surface area contributed by atoms with Crippen molar-refractivity contribution >= 4 is 46.3 Å². The van der Waals surface area contributed by atoms with Gasteiger partial charge in [0, 0.05) is 43.6 Å². The second kappa shape index (κ2) is 9.35. The van der Waals surface area contributed by atoms with Gasteiger partial charge in [-0.1, -0.05) is 11.6 Å². The number of thiophene rings is 1. The Morgan fingerprint density at radius 2 is 1.92 bits per heavy atom. The molecule has 0 saturated carbocycles. The fourth-order valence-corrected chi connectivity index (χ4v) is 2.97. The molecule has 0 aliphatic rings. The third-order valence-corrected chi connectivity index (χ3v) is 4.56. The zero-order valence-electron chi connectivity index (χ0n) is 14.5. The zero-order chi connectivity index (χ0) is 19.1. The summed E-state index contributed by atoms with van der Waals surface area (Å²) in [5.74, 6) is -0.552. The van der Waals surface area contributed by atoms with Gasteiger partial charge in [0.25, 0.3) is 11.8 Å². The van der Waals surface area contributed by atoms with Crippen LogP contribution in [-0.2, 0) is 4.79 Å². The van der Waals surface area contributed by atoms with Gasteiger partial charge < -0.3 is 15.5 Å². The molecule has 0 radical (unpaired) electrons. The summed E-state index contributed by atoms with van der Waals surface area (Å²) in [7, 11) is 3.30. The van der Waals surface area contributed by atoms with Crippen LogP contribution in [0.3, 0.4) is 0 Å². The van der Waals surface area contributed by atoms with E-state index in [1.165, 1.54) is 16.2 Å². The molecule has 3 amide bonds. The lowest BCUT2D eigenvalue weighted by Crippen LogP contribution is -2.25. The number of hydrogen-bond donors (Lipinski definition) is 2. The molecule has 2 aromatic rings. The number of hydrogen-bond acceptors (Lipinski definition) is 4. The highest BCUT2D eigenvalue weighted by Gasteiger charge is 2.12. The molecule has 0 unspecified atom stereocenters. The van der Waals surface area contributed by atoms with E-state index in [0.717, 1.165) is 0 Å². The van der Waals surface area contributed by atoms with E-state index in [4.69, 9.17) is 11.6 Å². The highest BCUT2D eigenvalue weighted by atomic mass is 35.5. The Balaban J connectivity index is 1.83. The number of nitrogens with one attached hydrogen (secondary N) is 2. The number of carbonyl (C=O) groups is 3. The summed E-state index contributed by atoms with van der Waals surface area (Å²) >= 11 is 7.54. The first-order chi connectivity index (χ1) is 12.4. The first-order valence-electron chi connectivity index (χ1n) is 8.00. The van der Waals surface area contributed by atoms with E-state index in [-0.39, 0.29) is 24.1 Å². The van der Waals surface area contributed by atoms with Crippen molar-refractivity contribution in [2.24, 2.45) is 0 Å². The van der Waals surface area contributed by atoms with Gasteiger partial charge in [0.05, 0.1) is 10.7 Å². The van der Waals surface area contributed by atoms with Crippen LogP contribution in [-0.4, -0.2) is 43.3 Å². The molecule has 0 atom stereocenters. The summed E-state index contributed by atoms with van der Waals surface area (Å²) in [5.41, 5.74) is 1.46. The Bertz CT molecular complexity index is 791. The topological polar surface area (TPSA) is 78.5 Å². The summed E-state index contributed by atoms with van der Waals surface area (Å²) < 4.78 is 0. The van der Waals surface area contributed by atoms with Crippen molar-refractivity contribution < 1.29 is 14.4 Å². The number of halogens is 1. The van der Waals surface area contributed by atoms with E-state index in [1.54, 1.807) is 43.7 Å². The first-order valence-corrected chi connectivity index (χ1v) is 9.32. The fourth-order valence-electron chi connectivity index (χ4n) is 2.17. The molecule has 0 aliphatic carbocycles. The highest BCUT2D eigenvalue weighted by molar-refractivity contribution is 7.08. The fraction of sp³-hybridized carbons (Fsp3) is 0.278. The lowest BCUT2D eigenvalue weighted by atomic mass is 10.1. The lowest BCUT2D eigenvalue weighted by Gasteiger charge is -2.13. The lowest BCUT2D eigenvalue weighted by molar-refractivity contribution is -0.116. The Morgan fingerprint density at radius 1 is 1.15 bits per heavy atom. The molecule has 0 spiro atoms. The van der Waals surface area contributed by atoms with E-state index >= 15 is 0 Å². The van der Waals surface area contributed by atoms with Gasteiger partial charge in [0.15, 0.2) is 0 Å². The summed E-state index contributed by atoms with van der Waals surface area (Å²) in [6.07, 6.45) is 0.724. The highest BCUT2D eigenvalue weighted by Crippen LogP contribution is 2.23. The molecule has 0 saturated heterocycles. The Kier molecular flexibility index (Phi) is 7.17. The SMILES string of the molecule is CN(C)C(=O)c1ccc(Cl)c(NC(=O)CCCNC(=O)c2ccsc2)c1. The average molecular weight is 394 g/mol. The summed E-state index contributed by atoms with van der Waals surface area (Å²) in [6.45, 7) is 0.398. The molecule has 1 heterocycles. The van der Waals surface area contributed by atoms with Gasteiger partial charge in [0.1, 0.15) is 0 Å². The Morgan fingerprint density at radius 3 is 2.58 bits per heavy atom. The van der Waals surface area contributed by atoms with E-state index in [2.05, 4.69) is 10.6 Å². The van der Waals surface area contributed by atoms with E-state index < -0.39 is 0 Å². The molecule has 26 heavy (non-hydrogen) atoms. The van der Waals surface area contributed by atoms with Crippen LogP contribution in [0, 0.1) is 0 Å². The second-order valence-electron chi connectivity index (χ2n) is 5.81. The van der Waals surface area contributed by atoms with Crippen LogP contribution in [0.1, 0.15) is 33.6 Å². The van der Waals surface area contributed by atoms with Crippen molar-refractivity contribution in [2.75, 3.05) is 26.0 Å². The minimum atomic E-state index is -0.230. The molecular weight excluding hydrogens is 374 g/mol. The molecule has 2 N–H and O–H groups in total. The number of anilines is 1. The van der Waals surface area contributed by atoms with Crippen molar-refractivity contribution in [3.05, 3.63) is 51.2 Å². The summed E-state index contributed by atoms with van der Waals surface area (Å²) in [5, 5.41) is 9.44. The van der Waals surface area contributed by atoms with Crippen LogP contribution in [0.2, 0.25) is 5.02 Å². The van der Waals surface area contributed by atoms with Crippen molar-refractivity contribution in [1.29, 1.82) is 0 Å².